The third-order valence-electron chi connectivity index (χ3n) is 4.97. The Bertz CT molecular complexity index is 909. The molecule has 2 heterocycles. The second kappa shape index (κ2) is 7.75. The van der Waals surface area contributed by atoms with Gasteiger partial charge < -0.3 is 19.7 Å². The highest BCUT2D eigenvalue weighted by molar-refractivity contribution is 5.95. The van der Waals surface area contributed by atoms with E-state index in [0.717, 1.165) is 31.5 Å². The summed E-state index contributed by atoms with van der Waals surface area (Å²) in [7, 11) is 0. The predicted octanol–water partition coefficient (Wildman–Crippen LogP) is 2.90. The second-order valence-corrected chi connectivity index (χ2v) is 6.78. The van der Waals surface area contributed by atoms with Gasteiger partial charge in [0.2, 0.25) is 0 Å². The molecule has 2 aliphatic rings. The van der Waals surface area contributed by atoms with Crippen molar-refractivity contribution in [1.82, 2.24) is 5.32 Å². The molecular formula is C20H21N3O5. The molecule has 8 nitrogen and oxygen atoms in total. The molecule has 0 atom stereocenters. The number of benzene rings is 2. The van der Waals surface area contributed by atoms with Gasteiger partial charge in [-0.25, -0.2) is 0 Å². The number of nitrogens with one attached hydrogen (secondary N) is 1. The van der Waals surface area contributed by atoms with Crippen LogP contribution >= 0.6 is 0 Å². The summed E-state index contributed by atoms with van der Waals surface area (Å²) in [4.78, 5) is 25.7. The third-order valence-corrected chi connectivity index (χ3v) is 4.97. The lowest BCUT2D eigenvalue weighted by atomic mass is 10.1. The minimum Gasteiger partial charge on any atom is -0.486 e. The van der Waals surface area contributed by atoms with Crippen LogP contribution in [0.15, 0.2) is 36.4 Å². The molecule has 8 heteroatoms. The molecule has 0 aromatic heterocycles. The Morgan fingerprint density at radius 1 is 1.14 bits per heavy atom. The molecule has 0 unspecified atom stereocenters. The molecule has 0 aliphatic carbocycles. The summed E-state index contributed by atoms with van der Waals surface area (Å²) in [5.41, 5.74) is 1.59. The molecule has 1 amide bonds. The molecule has 4 rings (SSSR count). The van der Waals surface area contributed by atoms with Crippen molar-refractivity contribution in [3.05, 3.63) is 57.6 Å². The van der Waals surface area contributed by atoms with Crippen LogP contribution in [0.1, 0.15) is 28.8 Å². The van der Waals surface area contributed by atoms with E-state index in [2.05, 4.69) is 5.32 Å². The summed E-state index contributed by atoms with van der Waals surface area (Å²) < 4.78 is 11.2. The van der Waals surface area contributed by atoms with Crippen LogP contribution in [0.2, 0.25) is 0 Å². The zero-order valence-corrected chi connectivity index (χ0v) is 15.3. The van der Waals surface area contributed by atoms with Gasteiger partial charge in [0.25, 0.3) is 11.6 Å². The Morgan fingerprint density at radius 3 is 2.71 bits per heavy atom. The zero-order chi connectivity index (χ0) is 19.5. The number of anilines is 1. The first-order chi connectivity index (χ1) is 13.6. The van der Waals surface area contributed by atoms with E-state index in [4.69, 9.17) is 9.47 Å². The lowest BCUT2D eigenvalue weighted by Gasteiger charge is -2.21. The predicted molar refractivity (Wildman–Crippen MR) is 103 cm³/mol. The van der Waals surface area contributed by atoms with Crippen molar-refractivity contribution in [1.29, 1.82) is 0 Å². The molecule has 2 aromatic rings. The number of para-hydroxylation sites is 1. The lowest BCUT2D eigenvalue weighted by molar-refractivity contribution is -0.384. The SMILES string of the molecule is O=C(NCc1cccc2c1OCCO2)c1ccc(N2CCCC2)c([N+](=O)[O-])c1. The number of nitro groups is 1. The topological polar surface area (TPSA) is 93.9 Å². The van der Waals surface area contributed by atoms with E-state index in [1.165, 1.54) is 6.07 Å². The maximum Gasteiger partial charge on any atom is 0.293 e. The summed E-state index contributed by atoms with van der Waals surface area (Å²) in [6.07, 6.45) is 2.04. The molecule has 0 radical (unpaired) electrons. The van der Waals surface area contributed by atoms with Crippen LogP contribution in [0.4, 0.5) is 11.4 Å². The van der Waals surface area contributed by atoms with Crippen molar-refractivity contribution >= 4 is 17.3 Å². The van der Waals surface area contributed by atoms with Crippen molar-refractivity contribution in [2.24, 2.45) is 0 Å². The van der Waals surface area contributed by atoms with Crippen molar-refractivity contribution < 1.29 is 19.2 Å². The van der Waals surface area contributed by atoms with Gasteiger partial charge in [-0.3, -0.25) is 14.9 Å². The monoisotopic (exact) mass is 383 g/mol. The normalized spacial score (nSPS) is 15.4. The molecule has 2 aliphatic heterocycles. The number of carbonyl (C=O) groups excluding carboxylic acids is 1. The fourth-order valence-corrected chi connectivity index (χ4v) is 3.59. The molecule has 28 heavy (non-hydrogen) atoms. The Morgan fingerprint density at radius 2 is 1.93 bits per heavy atom. The van der Waals surface area contributed by atoms with E-state index in [0.29, 0.717) is 30.4 Å². The van der Waals surface area contributed by atoms with Crippen molar-refractivity contribution in [3.63, 3.8) is 0 Å². The Hall–Kier alpha value is -3.29. The van der Waals surface area contributed by atoms with E-state index in [1.54, 1.807) is 12.1 Å². The van der Waals surface area contributed by atoms with E-state index < -0.39 is 4.92 Å². The summed E-state index contributed by atoms with van der Waals surface area (Å²) in [5, 5.41) is 14.3. The molecule has 2 aromatic carbocycles. The molecule has 0 saturated carbocycles. The van der Waals surface area contributed by atoms with Gasteiger partial charge in [-0.1, -0.05) is 12.1 Å². The standard InChI is InChI=1S/C20H21N3O5/c24-20(21-13-15-4-3-5-18-19(15)28-11-10-27-18)14-6-7-16(17(12-14)23(25)26)22-8-1-2-9-22/h3-7,12H,1-2,8-11,13H2,(H,21,24). The molecule has 1 N–H and O–H groups in total. The average molecular weight is 383 g/mol. The molecule has 0 spiro atoms. The summed E-state index contributed by atoms with van der Waals surface area (Å²) >= 11 is 0. The van der Waals surface area contributed by atoms with Crippen molar-refractivity contribution in [2.75, 3.05) is 31.2 Å². The van der Waals surface area contributed by atoms with Crippen LogP contribution in [-0.2, 0) is 6.54 Å². The molecule has 146 valence electrons. The maximum absolute atomic E-state index is 12.6. The first-order valence-corrected chi connectivity index (χ1v) is 9.32. The van der Waals surface area contributed by atoms with Gasteiger partial charge in [0.05, 0.1) is 4.92 Å². The van der Waals surface area contributed by atoms with Gasteiger partial charge in [0.1, 0.15) is 18.9 Å². The summed E-state index contributed by atoms with van der Waals surface area (Å²) in [5.74, 6) is 0.915. The highest BCUT2D eigenvalue weighted by atomic mass is 16.6. The number of carbonyl (C=O) groups is 1. The van der Waals surface area contributed by atoms with Crippen molar-refractivity contribution in [2.45, 2.75) is 19.4 Å². The molecule has 0 bridgehead atoms. The number of hydrogen-bond donors (Lipinski definition) is 1. The number of amides is 1. The van der Waals surface area contributed by atoms with Gasteiger partial charge in [-0.05, 0) is 31.0 Å². The molecule has 1 saturated heterocycles. The van der Waals surface area contributed by atoms with Crippen LogP contribution in [0, 0.1) is 10.1 Å². The van der Waals surface area contributed by atoms with Crippen molar-refractivity contribution in [3.8, 4) is 11.5 Å². The lowest BCUT2D eigenvalue weighted by Crippen LogP contribution is -2.25. The third kappa shape index (κ3) is 3.58. The fourth-order valence-electron chi connectivity index (χ4n) is 3.59. The Balaban J connectivity index is 1.51. The van der Waals surface area contributed by atoms with Crippen LogP contribution < -0.4 is 19.7 Å². The summed E-state index contributed by atoms with van der Waals surface area (Å²) in [6.45, 7) is 2.80. The number of nitro benzene ring substituents is 1. The highest BCUT2D eigenvalue weighted by Gasteiger charge is 2.24. The first-order valence-electron chi connectivity index (χ1n) is 9.32. The maximum atomic E-state index is 12.6. The van der Waals surface area contributed by atoms with Gasteiger partial charge in [-0.2, -0.15) is 0 Å². The number of hydrogen-bond acceptors (Lipinski definition) is 6. The first kappa shape index (κ1) is 18.1. The van der Waals surface area contributed by atoms with Gasteiger partial charge >= 0.3 is 0 Å². The van der Waals surface area contributed by atoms with Crippen LogP contribution in [0.25, 0.3) is 0 Å². The van der Waals surface area contributed by atoms with Crippen LogP contribution in [-0.4, -0.2) is 37.1 Å². The van der Waals surface area contributed by atoms with E-state index in [-0.39, 0.29) is 23.7 Å². The Kier molecular flexibility index (Phi) is 5.01. The summed E-state index contributed by atoms with van der Waals surface area (Å²) in [6, 6.07) is 10.2. The fraction of sp³-hybridized carbons (Fsp3) is 0.350. The Labute approximate surface area is 162 Å². The van der Waals surface area contributed by atoms with E-state index >= 15 is 0 Å². The second-order valence-electron chi connectivity index (χ2n) is 6.78. The average Bonchev–Trinajstić information content (AvgIpc) is 3.26. The van der Waals surface area contributed by atoms with E-state index in [1.807, 2.05) is 23.1 Å². The number of nitrogens with zero attached hydrogens (tertiary/aromatic N) is 2. The smallest absolute Gasteiger partial charge is 0.293 e. The number of rotatable bonds is 5. The number of fused-ring (bicyclic) bond motifs is 1. The highest BCUT2D eigenvalue weighted by Crippen LogP contribution is 2.34. The molecule has 1 fully saturated rings. The largest absolute Gasteiger partial charge is 0.486 e. The molecular weight excluding hydrogens is 362 g/mol. The minimum atomic E-state index is -0.427. The van der Waals surface area contributed by atoms with E-state index in [9.17, 15) is 14.9 Å². The number of ether oxygens (including phenoxy) is 2. The van der Waals surface area contributed by atoms with Gasteiger partial charge in [0, 0.05) is 36.8 Å². The van der Waals surface area contributed by atoms with Gasteiger partial charge in [0.15, 0.2) is 11.5 Å². The van der Waals surface area contributed by atoms with Crippen LogP contribution in [0.5, 0.6) is 11.5 Å². The minimum absolute atomic E-state index is 0.0385. The zero-order valence-electron chi connectivity index (χ0n) is 15.3. The van der Waals surface area contributed by atoms with Crippen LogP contribution in [0.3, 0.4) is 0 Å². The quantitative estimate of drug-likeness (QED) is 0.630. The van der Waals surface area contributed by atoms with Gasteiger partial charge in [-0.15, -0.1) is 0 Å².